The maximum atomic E-state index is 13.7. The molecule has 3 atom stereocenters. The summed E-state index contributed by atoms with van der Waals surface area (Å²) in [5.74, 6) is 1.57. The Hall–Kier alpha value is -2.74. The van der Waals surface area contributed by atoms with Gasteiger partial charge in [0, 0.05) is 12.5 Å². The highest BCUT2D eigenvalue weighted by molar-refractivity contribution is 6.11. The molecule has 1 saturated carbocycles. The number of hydrogen-bond donors (Lipinski definition) is 0. The summed E-state index contributed by atoms with van der Waals surface area (Å²) in [7, 11) is 0. The van der Waals surface area contributed by atoms with Crippen molar-refractivity contribution in [3.63, 3.8) is 0 Å². The van der Waals surface area contributed by atoms with Crippen molar-refractivity contribution in [3.05, 3.63) is 36.0 Å². The van der Waals surface area contributed by atoms with Crippen LogP contribution in [0.5, 0.6) is 0 Å². The molecule has 8 heteroatoms. The van der Waals surface area contributed by atoms with Crippen molar-refractivity contribution in [1.82, 2.24) is 10.1 Å². The van der Waals surface area contributed by atoms with E-state index in [2.05, 4.69) is 15.1 Å². The topological polar surface area (TPSA) is 84.1 Å². The Kier molecular flexibility index (Phi) is 4.33. The Labute approximate surface area is 174 Å². The van der Waals surface area contributed by atoms with E-state index in [0.29, 0.717) is 18.4 Å². The van der Waals surface area contributed by atoms with Crippen LogP contribution in [0.2, 0.25) is 0 Å². The summed E-state index contributed by atoms with van der Waals surface area (Å²) in [6, 6.07) is 6.99. The Morgan fingerprint density at radius 2 is 1.90 bits per heavy atom. The van der Waals surface area contributed by atoms with Crippen molar-refractivity contribution < 1.29 is 14.1 Å². The van der Waals surface area contributed by atoms with Crippen LogP contribution in [-0.2, 0) is 9.53 Å². The molecule has 0 N–H and O–H groups in total. The second-order valence-electron chi connectivity index (χ2n) is 8.61. The number of aromatic nitrogens is 2. The zero-order valence-corrected chi connectivity index (χ0v) is 16.8. The minimum absolute atomic E-state index is 0.00677. The lowest BCUT2D eigenvalue weighted by Gasteiger charge is -2.39. The summed E-state index contributed by atoms with van der Waals surface area (Å²) in [4.78, 5) is 26.8. The molecule has 3 aliphatic heterocycles. The number of nitrogens with zero attached hydrogens (tertiary/aromatic N) is 5. The second-order valence-corrected chi connectivity index (χ2v) is 8.61. The van der Waals surface area contributed by atoms with Crippen LogP contribution >= 0.6 is 0 Å². The largest absolute Gasteiger partial charge is 0.376 e. The number of fused-ring (bicyclic) bond motifs is 3. The predicted octanol–water partition coefficient (Wildman–Crippen LogP) is 3.21. The summed E-state index contributed by atoms with van der Waals surface area (Å²) in [5.41, 5.74) is 1.88. The van der Waals surface area contributed by atoms with Crippen LogP contribution in [0.4, 0.5) is 11.4 Å². The highest BCUT2D eigenvalue weighted by Gasteiger charge is 2.48. The first-order valence-electron chi connectivity index (χ1n) is 11.0. The van der Waals surface area contributed by atoms with Crippen LogP contribution < -0.4 is 9.80 Å². The van der Waals surface area contributed by atoms with Crippen LogP contribution in [-0.4, -0.2) is 47.7 Å². The number of benzene rings is 1. The molecule has 8 nitrogen and oxygen atoms in total. The van der Waals surface area contributed by atoms with Gasteiger partial charge in [0.2, 0.25) is 0 Å². The first-order valence-corrected chi connectivity index (χ1v) is 11.0. The molecule has 1 amide bonds. The molecule has 0 radical (unpaired) electrons. The molecule has 0 spiro atoms. The van der Waals surface area contributed by atoms with Gasteiger partial charge in [-0.15, -0.1) is 0 Å². The number of carbonyl (C=O) groups excluding carboxylic acids is 1. The van der Waals surface area contributed by atoms with E-state index in [-0.39, 0.29) is 12.0 Å². The molecule has 30 heavy (non-hydrogen) atoms. The quantitative estimate of drug-likeness (QED) is 0.774. The molecule has 0 bridgehead atoms. The third-order valence-electron chi connectivity index (χ3n) is 6.76. The summed E-state index contributed by atoms with van der Waals surface area (Å²) < 4.78 is 11.4. The van der Waals surface area contributed by atoms with Crippen molar-refractivity contribution in [3.8, 4) is 0 Å². The van der Waals surface area contributed by atoms with Gasteiger partial charge in [0.15, 0.2) is 11.9 Å². The molecule has 6 rings (SSSR count). The summed E-state index contributed by atoms with van der Waals surface area (Å²) in [6.45, 7) is 1.33. The molecule has 1 aliphatic carbocycles. The van der Waals surface area contributed by atoms with Crippen molar-refractivity contribution in [1.29, 1.82) is 0 Å². The molecular formula is C22H25N5O3. The maximum Gasteiger partial charge on any atom is 0.254 e. The minimum Gasteiger partial charge on any atom is -0.376 e. The highest BCUT2D eigenvalue weighted by Crippen LogP contribution is 2.43. The Morgan fingerprint density at radius 1 is 1.07 bits per heavy atom. The van der Waals surface area contributed by atoms with E-state index in [0.717, 1.165) is 49.5 Å². The number of anilines is 2. The van der Waals surface area contributed by atoms with Crippen molar-refractivity contribution in [2.75, 3.05) is 23.0 Å². The molecule has 4 heterocycles. The van der Waals surface area contributed by atoms with Gasteiger partial charge in [-0.2, -0.15) is 4.98 Å². The monoisotopic (exact) mass is 407 g/mol. The molecule has 1 aromatic carbocycles. The zero-order valence-electron chi connectivity index (χ0n) is 16.8. The van der Waals surface area contributed by atoms with Crippen molar-refractivity contribution in [2.45, 2.75) is 62.6 Å². The van der Waals surface area contributed by atoms with Gasteiger partial charge in [-0.3, -0.25) is 9.79 Å². The van der Waals surface area contributed by atoms with Gasteiger partial charge in [-0.1, -0.05) is 30.1 Å². The molecule has 1 saturated heterocycles. The fraction of sp³-hybridized carbons (Fsp3) is 0.545. The SMILES string of the molecule is O=C1C2C(c3nc(C4CCCC4)no3)N=CN2c2ccccc2N1CC1CCCO1. The smallest absolute Gasteiger partial charge is 0.254 e. The molecule has 3 unspecified atom stereocenters. The number of aliphatic imine (C=N–C) groups is 1. The fourth-order valence-electron chi connectivity index (χ4n) is 5.20. The van der Waals surface area contributed by atoms with Gasteiger partial charge in [0.05, 0.1) is 30.4 Å². The van der Waals surface area contributed by atoms with Gasteiger partial charge in [0.1, 0.15) is 6.04 Å². The summed E-state index contributed by atoms with van der Waals surface area (Å²) >= 11 is 0. The number of amides is 1. The number of hydrogen-bond acceptors (Lipinski definition) is 7. The minimum atomic E-state index is -0.502. The van der Waals surface area contributed by atoms with Gasteiger partial charge in [-0.05, 0) is 37.8 Å². The first kappa shape index (κ1) is 18.1. The second kappa shape index (κ2) is 7.19. The molecular weight excluding hydrogens is 382 g/mol. The van der Waals surface area contributed by atoms with E-state index >= 15 is 0 Å². The number of para-hydroxylation sites is 2. The fourth-order valence-corrected chi connectivity index (χ4v) is 5.20. The Balaban J connectivity index is 1.33. The van der Waals surface area contributed by atoms with Crippen molar-refractivity contribution in [2.24, 2.45) is 4.99 Å². The lowest BCUT2D eigenvalue weighted by Crippen LogP contribution is -2.54. The average molecular weight is 407 g/mol. The third-order valence-corrected chi connectivity index (χ3v) is 6.76. The van der Waals surface area contributed by atoms with Gasteiger partial charge in [0.25, 0.3) is 11.8 Å². The molecule has 4 aliphatic rings. The van der Waals surface area contributed by atoms with Crippen LogP contribution in [0.3, 0.4) is 0 Å². The van der Waals surface area contributed by atoms with E-state index in [1.54, 1.807) is 6.34 Å². The van der Waals surface area contributed by atoms with E-state index in [4.69, 9.17) is 9.26 Å². The van der Waals surface area contributed by atoms with E-state index in [1.807, 2.05) is 34.1 Å². The summed E-state index contributed by atoms with van der Waals surface area (Å²) in [5, 5.41) is 4.23. The van der Waals surface area contributed by atoms with E-state index < -0.39 is 12.1 Å². The van der Waals surface area contributed by atoms with Crippen LogP contribution in [0.15, 0.2) is 33.8 Å². The molecule has 2 aromatic rings. The van der Waals surface area contributed by atoms with Gasteiger partial charge in [-0.25, -0.2) is 0 Å². The predicted molar refractivity (Wildman–Crippen MR) is 111 cm³/mol. The molecule has 1 aromatic heterocycles. The average Bonchev–Trinajstić information content (AvgIpc) is 3.55. The summed E-state index contributed by atoms with van der Waals surface area (Å²) in [6.07, 6.45) is 8.46. The van der Waals surface area contributed by atoms with E-state index in [9.17, 15) is 4.79 Å². The Bertz CT molecular complexity index is 977. The third kappa shape index (κ3) is 2.85. The van der Waals surface area contributed by atoms with Crippen LogP contribution in [0.1, 0.15) is 62.2 Å². The molecule has 2 fully saturated rings. The van der Waals surface area contributed by atoms with Crippen molar-refractivity contribution >= 4 is 23.6 Å². The van der Waals surface area contributed by atoms with Gasteiger partial charge < -0.3 is 19.1 Å². The normalized spacial score (nSPS) is 28.4. The number of carbonyl (C=O) groups is 1. The number of rotatable bonds is 4. The van der Waals surface area contributed by atoms with Crippen LogP contribution in [0, 0.1) is 0 Å². The van der Waals surface area contributed by atoms with Gasteiger partial charge >= 0.3 is 0 Å². The number of ether oxygens (including phenoxy) is 1. The van der Waals surface area contributed by atoms with Crippen LogP contribution in [0.25, 0.3) is 0 Å². The zero-order chi connectivity index (χ0) is 20.1. The lowest BCUT2D eigenvalue weighted by molar-refractivity contribution is -0.120. The maximum absolute atomic E-state index is 13.7. The molecule has 156 valence electrons. The highest BCUT2D eigenvalue weighted by atomic mass is 16.5. The Morgan fingerprint density at radius 3 is 2.70 bits per heavy atom. The first-order chi connectivity index (χ1) is 14.8. The standard InChI is InChI=1S/C22H25N5O3/c28-22-19-18(21-24-20(25-30-21)14-6-1-2-7-14)23-13-27(19)17-10-4-3-9-16(17)26(22)12-15-8-5-11-29-15/h3-4,9-10,13-15,18-19H,1-2,5-8,11-12H2. The lowest BCUT2D eigenvalue weighted by atomic mass is 10.0. The van der Waals surface area contributed by atoms with E-state index in [1.165, 1.54) is 12.8 Å².